The van der Waals surface area contributed by atoms with E-state index in [1.165, 1.54) is 0 Å². The van der Waals surface area contributed by atoms with Gasteiger partial charge in [-0.15, -0.1) is 0 Å². The first kappa shape index (κ1) is 22.1. The van der Waals surface area contributed by atoms with Crippen molar-refractivity contribution in [1.29, 1.82) is 5.26 Å². The van der Waals surface area contributed by atoms with Crippen molar-refractivity contribution in [2.24, 2.45) is 7.05 Å². The molecular weight excluding hydrogens is 450 g/mol. The van der Waals surface area contributed by atoms with Gasteiger partial charge in [-0.25, -0.2) is 12.9 Å². The molecule has 0 bridgehead atoms. The molecule has 1 aromatic carbocycles. The third-order valence-electron chi connectivity index (χ3n) is 6.31. The zero-order chi connectivity index (χ0) is 23.9. The fourth-order valence-corrected chi connectivity index (χ4v) is 5.50. The predicted octanol–water partition coefficient (Wildman–Crippen LogP) is 2.75. The Kier molecular flexibility index (Phi) is 5.59. The molecule has 0 saturated carbocycles. The molecule has 1 fully saturated rings. The van der Waals surface area contributed by atoms with Crippen LogP contribution in [-0.4, -0.2) is 64.0 Å². The number of hydrogen-bond donors (Lipinski definition) is 0. The maximum absolute atomic E-state index is 12.1. The molecule has 174 valence electrons. The fourth-order valence-electron chi connectivity index (χ4n) is 4.41. The summed E-state index contributed by atoms with van der Waals surface area (Å²) in [5, 5.41) is 18.3. The first-order valence-corrected chi connectivity index (χ1v) is 12.7. The van der Waals surface area contributed by atoms with Crippen LogP contribution in [0.4, 0.5) is 5.69 Å². The molecule has 0 amide bonds. The van der Waals surface area contributed by atoms with E-state index in [1.54, 1.807) is 32.8 Å². The Bertz CT molecular complexity index is 1490. The summed E-state index contributed by atoms with van der Waals surface area (Å²) >= 11 is 0. The number of aromatic nitrogens is 4. The Hall–Kier alpha value is -3.68. The lowest BCUT2D eigenvalue weighted by molar-refractivity contribution is 0.385. The lowest BCUT2D eigenvalue weighted by Gasteiger charge is -2.35. The Labute approximate surface area is 198 Å². The number of benzene rings is 1. The van der Waals surface area contributed by atoms with E-state index in [2.05, 4.69) is 39.4 Å². The first-order valence-electron chi connectivity index (χ1n) is 11.1. The number of pyridine rings is 1. The highest BCUT2D eigenvalue weighted by molar-refractivity contribution is 7.89. The third kappa shape index (κ3) is 3.93. The number of sulfonamides is 1. The minimum absolute atomic E-state index is 0.132. The van der Waals surface area contributed by atoms with E-state index in [0.717, 1.165) is 33.5 Å². The van der Waals surface area contributed by atoms with Crippen molar-refractivity contribution in [2.75, 3.05) is 36.8 Å². The van der Waals surface area contributed by atoms with Crippen LogP contribution in [0.15, 0.2) is 55.1 Å². The molecule has 0 unspecified atom stereocenters. The maximum atomic E-state index is 12.1. The van der Waals surface area contributed by atoms with Gasteiger partial charge in [-0.05, 0) is 30.7 Å². The lowest BCUT2D eigenvalue weighted by Crippen LogP contribution is -2.49. The number of nitrogens with zero attached hydrogens (tertiary/aromatic N) is 7. The van der Waals surface area contributed by atoms with E-state index >= 15 is 0 Å². The van der Waals surface area contributed by atoms with Gasteiger partial charge in [-0.2, -0.15) is 19.8 Å². The number of rotatable bonds is 5. The van der Waals surface area contributed by atoms with E-state index in [1.807, 2.05) is 31.6 Å². The highest BCUT2D eigenvalue weighted by Crippen LogP contribution is 2.33. The summed E-state index contributed by atoms with van der Waals surface area (Å²) in [5.41, 5.74) is 6.15. The minimum Gasteiger partial charge on any atom is -0.369 e. The molecule has 0 spiro atoms. The molecule has 9 nitrogen and oxygen atoms in total. The van der Waals surface area contributed by atoms with E-state index in [-0.39, 0.29) is 5.75 Å². The summed E-state index contributed by atoms with van der Waals surface area (Å²) in [5.74, 6) is 0.132. The Morgan fingerprint density at radius 1 is 0.971 bits per heavy atom. The van der Waals surface area contributed by atoms with E-state index in [0.29, 0.717) is 31.7 Å². The smallest absolute Gasteiger partial charge is 0.213 e. The van der Waals surface area contributed by atoms with Gasteiger partial charge in [0.25, 0.3) is 0 Å². The number of anilines is 1. The van der Waals surface area contributed by atoms with Crippen LogP contribution >= 0.6 is 0 Å². The Morgan fingerprint density at radius 3 is 2.32 bits per heavy atom. The average molecular weight is 476 g/mol. The molecule has 34 heavy (non-hydrogen) atoms. The van der Waals surface area contributed by atoms with Gasteiger partial charge < -0.3 is 4.90 Å². The highest BCUT2D eigenvalue weighted by Gasteiger charge is 2.25. The number of nitriles is 1. The van der Waals surface area contributed by atoms with Crippen molar-refractivity contribution in [3.63, 3.8) is 0 Å². The van der Waals surface area contributed by atoms with Gasteiger partial charge in [-0.3, -0.25) is 4.68 Å². The second kappa shape index (κ2) is 8.59. The van der Waals surface area contributed by atoms with Crippen LogP contribution < -0.4 is 4.90 Å². The Morgan fingerprint density at radius 2 is 1.71 bits per heavy atom. The molecule has 10 heteroatoms. The Balaban J connectivity index is 1.47. The molecule has 4 heterocycles. The van der Waals surface area contributed by atoms with Crippen LogP contribution in [0.25, 0.3) is 27.8 Å². The van der Waals surface area contributed by atoms with Crippen LogP contribution in [0, 0.1) is 11.3 Å². The molecular formula is C24H25N7O2S. The van der Waals surface area contributed by atoms with Crippen LogP contribution in [-0.2, 0) is 17.1 Å². The highest BCUT2D eigenvalue weighted by atomic mass is 32.2. The van der Waals surface area contributed by atoms with Crippen molar-refractivity contribution in [2.45, 2.75) is 6.92 Å². The molecule has 0 atom stereocenters. The maximum Gasteiger partial charge on any atom is 0.213 e. The summed E-state index contributed by atoms with van der Waals surface area (Å²) in [4.78, 5) is 2.20. The summed E-state index contributed by atoms with van der Waals surface area (Å²) in [6.45, 7) is 3.97. The predicted molar refractivity (Wildman–Crippen MR) is 131 cm³/mol. The molecule has 1 saturated heterocycles. The fraction of sp³-hybridized carbons (Fsp3) is 0.292. The van der Waals surface area contributed by atoms with Crippen molar-refractivity contribution < 1.29 is 8.42 Å². The quantitative estimate of drug-likeness (QED) is 0.440. The van der Waals surface area contributed by atoms with Gasteiger partial charge in [0.05, 0.1) is 29.2 Å². The van der Waals surface area contributed by atoms with E-state index in [9.17, 15) is 13.7 Å². The van der Waals surface area contributed by atoms with Gasteiger partial charge in [0.15, 0.2) is 0 Å². The standard InChI is InChI=1S/C24H25N7O2S/c1-3-34(32,33)30-10-8-29(9-11-30)22-6-4-18(5-7-22)23-12-19(21-15-26-28(2)16-21)17-31-24(23)20(13-25)14-27-31/h4-7,12,14-17H,3,8-11H2,1-2H3. The average Bonchev–Trinajstić information content (AvgIpc) is 3.49. The summed E-state index contributed by atoms with van der Waals surface area (Å²) in [6.07, 6.45) is 7.25. The summed E-state index contributed by atoms with van der Waals surface area (Å²) in [6, 6.07) is 12.5. The summed E-state index contributed by atoms with van der Waals surface area (Å²) in [7, 11) is -1.28. The molecule has 5 rings (SSSR count). The molecule has 0 radical (unpaired) electrons. The van der Waals surface area contributed by atoms with Gasteiger partial charge in [0.1, 0.15) is 6.07 Å². The first-order chi connectivity index (χ1) is 16.4. The van der Waals surface area contributed by atoms with Gasteiger partial charge in [-0.1, -0.05) is 12.1 Å². The number of hydrogen-bond acceptors (Lipinski definition) is 6. The van der Waals surface area contributed by atoms with Crippen molar-refractivity contribution >= 4 is 21.2 Å². The van der Waals surface area contributed by atoms with Crippen molar-refractivity contribution in [3.05, 3.63) is 60.7 Å². The van der Waals surface area contributed by atoms with Gasteiger partial charge in [0, 0.05) is 68.0 Å². The topological polar surface area (TPSA) is 99.5 Å². The zero-order valence-corrected chi connectivity index (χ0v) is 19.9. The molecule has 1 aliphatic heterocycles. The van der Waals surface area contributed by atoms with Crippen LogP contribution in [0.3, 0.4) is 0 Å². The molecule has 3 aromatic heterocycles. The van der Waals surface area contributed by atoms with E-state index < -0.39 is 10.0 Å². The normalized spacial score (nSPS) is 15.0. The van der Waals surface area contributed by atoms with Gasteiger partial charge in [0.2, 0.25) is 10.0 Å². The monoisotopic (exact) mass is 475 g/mol. The SMILES string of the molecule is CCS(=O)(=O)N1CCN(c2ccc(-c3cc(-c4cnn(C)c4)cn4ncc(C#N)c34)cc2)CC1. The number of fused-ring (bicyclic) bond motifs is 1. The molecule has 0 aliphatic carbocycles. The zero-order valence-electron chi connectivity index (χ0n) is 19.1. The second-order valence-electron chi connectivity index (χ2n) is 8.34. The third-order valence-corrected chi connectivity index (χ3v) is 8.19. The second-order valence-corrected chi connectivity index (χ2v) is 10.6. The largest absolute Gasteiger partial charge is 0.369 e. The number of aryl methyl sites for hydroxylation is 1. The van der Waals surface area contributed by atoms with Crippen molar-refractivity contribution in [1.82, 2.24) is 23.7 Å². The molecule has 4 aromatic rings. The minimum atomic E-state index is -3.15. The summed E-state index contributed by atoms with van der Waals surface area (Å²) < 4.78 is 29.4. The number of piperazine rings is 1. The lowest BCUT2D eigenvalue weighted by atomic mass is 9.99. The van der Waals surface area contributed by atoms with Crippen LogP contribution in [0.5, 0.6) is 0 Å². The molecule has 1 aliphatic rings. The van der Waals surface area contributed by atoms with E-state index in [4.69, 9.17) is 0 Å². The van der Waals surface area contributed by atoms with Gasteiger partial charge >= 0.3 is 0 Å². The van der Waals surface area contributed by atoms with Crippen molar-refractivity contribution in [3.8, 4) is 28.3 Å². The van der Waals surface area contributed by atoms with Crippen LogP contribution in [0.2, 0.25) is 0 Å². The van der Waals surface area contributed by atoms with Crippen LogP contribution in [0.1, 0.15) is 12.5 Å². The molecule has 0 N–H and O–H groups in total.